The summed E-state index contributed by atoms with van der Waals surface area (Å²) in [4.78, 5) is 17.3. The molecule has 4 rings (SSSR count). The van der Waals surface area contributed by atoms with E-state index in [1.165, 1.54) is 5.56 Å². The molecule has 0 spiro atoms. The van der Waals surface area contributed by atoms with Gasteiger partial charge in [-0.15, -0.1) is 0 Å². The van der Waals surface area contributed by atoms with E-state index in [-0.39, 0.29) is 0 Å². The highest BCUT2D eigenvalue weighted by atomic mass is 16.5. The van der Waals surface area contributed by atoms with E-state index < -0.39 is 5.97 Å². The monoisotopic (exact) mass is 438 g/mol. The molecular weight excluding hydrogens is 408 g/mol. The molecule has 0 radical (unpaired) electrons. The molecule has 0 bridgehead atoms. The number of carbonyl (C=O) groups excluding carboxylic acids is 1. The van der Waals surface area contributed by atoms with Gasteiger partial charge in [-0.3, -0.25) is 9.80 Å². The lowest BCUT2D eigenvalue weighted by Crippen LogP contribution is -2.45. The third-order valence-electron chi connectivity index (χ3n) is 5.86. The molecule has 1 aliphatic heterocycles. The van der Waals surface area contributed by atoms with E-state index >= 15 is 0 Å². The van der Waals surface area contributed by atoms with Gasteiger partial charge in [-0.25, -0.2) is 4.79 Å². The summed E-state index contributed by atoms with van der Waals surface area (Å²) in [5.41, 5.74) is 2.83. The van der Waals surface area contributed by atoms with Crippen molar-refractivity contribution in [3.05, 3.63) is 59.4 Å². The van der Waals surface area contributed by atoms with Crippen molar-refractivity contribution in [1.82, 2.24) is 9.80 Å². The van der Waals surface area contributed by atoms with E-state index in [1.54, 1.807) is 21.1 Å². The van der Waals surface area contributed by atoms with Gasteiger partial charge in [0.05, 0.1) is 20.8 Å². The summed E-state index contributed by atoms with van der Waals surface area (Å²) in [6.07, 6.45) is 0. The fourth-order valence-electron chi connectivity index (χ4n) is 4.18. The molecule has 32 heavy (non-hydrogen) atoms. The minimum absolute atomic E-state index is 0.320. The van der Waals surface area contributed by atoms with Crippen LogP contribution in [0.1, 0.15) is 28.6 Å². The van der Waals surface area contributed by atoms with E-state index in [0.29, 0.717) is 18.9 Å². The second-order valence-corrected chi connectivity index (χ2v) is 7.87. The molecule has 0 N–H and O–H groups in total. The predicted molar refractivity (Wildman–Crippen MR) is 122 cm³/mol. The van der Waals surface area contributed by atoms with Crippen molar-refractivity contribution in [2.24, 2.45) is 0 Å². The van der Waals surface area contributed by atoms with Gasteiger partial charge < -0.3 is 18.6 Å². The maximum atomic E-state index is 12.5. The number of para-hydroxylation sites is 1. The van der Waals surface area contributed by atoms with Gasteiger partial charge in [0.15, 0.2) is 11.5 Å². The zero-order chi connectivity index (χ0) is 22.5. The van der Waals surface area contributed by atoms with E-state index in [0.717, 1.165) is 60.8 Å². The van der Waals surface area contributed by atoms with Crippen LogP contribution in [0.15, 0.2) is 46.9 Å². The fraction of sp³-hybridized carbons (Fsp3) is 0.400. The molecule has 1 fully saturated rings. The number of rotatable bonds is 8. The number of fused-ring (bicyclic) bond motifs is 1. The van der Waals surface area contributed by atoms with Crippen molar-refractivity contribution in [2.45, 2.75) is 20.0 Å². The molecule has 1 aliphatic rings. The second kappa shape index (κ2) is 10.1. The van der Waals surface area contributed by atoms with Gasteiger partial charge in [-0.2, -0.15) is 0 Å². The third kappa shape index (κ3) is 4.74. The number of esters is 1. The van der Waals surface area contributed by atoms with E-state index in [4.69, 9.17) is 18.6 Å². The average Bonchev–Trinajstić information content (AvgIpc) is 3.19. The van der Waals surface area contributed by atoms with Crippen molar-refractivity contribution in [3.63, 3.8) is 0 Å². The Hall–Kier alpha value is -3.03. The Morgan fingerprint density at radius 1 is 0.938 bits per heavy atom. The predicted octanol–water partition coefficient (Wildman–Crippen LogP) is 3.94. The number of methoxy groups -OCH3 is 2. The maximum Gasteiger partial charge on any atom is 0.374 e. The molecule has 7 heteroatoms. The molecule has 0 atom stereocenters. The van der Waals surface area contributed by atoms with Gasteiger partial charge in [-0.05, 0) is 30.7 Å². The first kappa shape index (κ1) is 22.2. The summed E-state index contributed by atoms with van der Waals surface area (Å²) in [5, 5.41) is 0.975. The quantitative estimate of drug-likeness (QED) is 0.494. The van der Waals surface area contributed by atoms with Crippen LogP contribution >= 0.6 is 0 Å². The number of nitrogens with zero attached hydrogens (tertiary/aromatic N) is 2. The average molecular weight is 439 g/mol. The fourth-order valence-corrected chi connectivity index (χ4v) is 4.18. The number of piperazine rings is 1. The van der Waals surface area contributed by atoms with Crippen LogP contribution in [0, 0.1) is 0 Å². The van der Waals surface area contributed by atoms with E-state index in [1.807, 2.05) is 36.4 Å². The first-order valence-electron chi connectivity index (χ1n) is 11.0. The van der Waals surface area contributed by atoms with Crippen molar-refractivity contribution in [1.29, 1.82) is 0 Å². The van der Waals surface area contributed by atoms with E-state index in [9.17, 15) is 4.79 Å². The van der Waals surface area contributed by atoms with Gasteiger partial charge in [-0.1, -0.05) is 24.3 Å². The van der Waals surface area contributed by atoms with E-state index in [2.05, 4.69) is 15.9 Å². The van der Waals surface area contributed by atoms with Crippen LogP contribution in [0.5, 0.6) is 11.5 Å². The molecule has 0 saturated carbocycles. The number of carbonyl (C=O) groups is 1. The Morgan fingerprint density at radius 2 is 1.62 bits per heavy atom. The van der Waals surface area contributed by atoms with Crippen LogP contribution in [-0.4, -0.2) is 62.8 Å². The Morgan fingerprint density at radius 3 is 2.31 bits per heavy atom. The molecule has 0 aliphatic carbocycles. The maximum absolute atomic E-state index is 12.5. The Balaban J connectivity index is 1.42. The number of ether oxygens (including phenoxy) is 3. The zero-order valence-corrected chi connectivity index (χ0v) is 18.9. The van der Waals surface area contributed by atoms with Crippen molar-refractivity contribution in [3.8, 4) is 11.5 Å². The van der Waals surface area contributed by atoms with Crippen LogP contribution in [0.25, 0.3) is 11.0 Å². The van der Waals surface area contributed by atoms with Crippen LogP contribution in [0.2, 0.25) is 0 Å². The molecule has 3 aromatic rings. The molecule has 1 aromatic heterocycles. The number of benzene rings is 2. The number of hydrogen-bond acceptors (Lipinski definition) is 7. The molecule has 2 aromatic carbocycles. The SMILES string of the molecule is CCOC(=O)c1oc2ccccc2c1CN1CCN(Cc2ccc(OC)c(OC)c2)CC1. The van der Waals surface area contributed by atoms with Gasteiger partial charge in [0.2, 0.25) is 5.76 Å². The second-order valence-electron chi connectivity index (χ2n) is 7.87. The van der Waals surface area contributed by atoms with Crippen molar-refractivity contribution in [2.75, 3.05) is 47.0 Å². The molecule has 1 saturated heterocycles. The first-order valence-corrected chi connectivity index (χ1v) is 11.0. The molecule has 0 amide bonds. The Kier molecular flexibility index (Phi) is 6.97. The van der Waals surface area contributed by atoms with Crippen LogP contribution in [0.3, 0.4) is 0 Å². The number of hydrogen-bond donors (Lipinski definition) is 0. The smallest absolute Gasteiger partial charge is 0.374 e. The largest absolute Gasteiger partial charge is 0.493 e. The lowest BCUT2D eigenvalue weighted by Gasteiger charge is -2.34. The number of furan rings is 1. The lowest BCUT2D eigenvalue weighted by atomic mass is 10.1. The molecule has 170 valence electrons. The minimum atomic E-state index is -0.397. The van der Waals surface area contributed by atoms with Crippen LogP contribution in [0.4, 0.5) is 0 Å². The molecule has 2 heterocycles. The highest BCUT2D eigenvalue weighted by Gasteiger charge is 2.25. The van der Waals surface area contributed by atoms with Gasteiger partial charge in [0.25, 0.3) is 0 Å². The molecule has 7 nitrogen and oxygen atoms in total. The normalized spacial score (nSPS) is 15.1. The van der Waals surface area contributed by atoms with Crippen LogP contribution < -0.4 is 9.47 Å². The van der Waals surface area contributed by atoms with Crippen LogP contribution in [-0.2, 0) is 17.8 Å². The summed E-state index contributed by atoms with van der Waals surface area (Å²) in [6.45, 7) is 7.36. The highest BCUT2D eigenvalue weighted by Crippen LogP contribution is 2.30. The molecular formula is C25H30N2O5. The standard InChI is InChI=1S/C25H30N2O5/c1-4-31-25(28)24-20(19-7-5-6-8-21(19)32-24)17-27-13-11-26(12-14-27)16-18-9-10-22(29-2)23(15-18)30-3/h5-10,15H,4,11-14,16-17H2,1-3H3. The minimum Gasteiger partial charge on any atom is -0.493 e. The van der Waals surface area contributed by atoms with Crippen molar-refractivity contribution < 1.29 is 23.4 Å². The third-order valence-corrected chi connectivity index (χ3v) is 5.86. The molecule has 0 unspecified atom stereocenters. The van der Waals surface area contributed by atoms with Gasteiger partial charge in [0.1, 0.15) is 5.58 Å². The first-order chi connectivity index (χ1) is 15.6. The van der Waals surface area contributed by atoms with Gasteiger partial charge in [0, 0.05) is 50.2 Å². The van der Waals surface area contributed by atoms with Crippen molar-refractivity contribution >= 4 is 16.9 Å². The Bertz CT molecular complexity index is 1070. The highest BCUT2D eigenvalue weighted by molar-refractivity contribution is 5.96. The topological polar surface area (TPSA) is 64.4 Å². The summed E-state index contributed by atoms with van der Waals surface area (Å²) >= 11 is 0. The summed E-state index contributed by atoms with van der Waals surface area (Å²) in [7, 11) is 3.30. The zero-order valence-electron chi connectivity index (χ0n) is 18.9. The lowest BCUT2D eigenvalue weighted by molar-refractivity contribution is 0.0487. The summed E-state index contributed by atoms with van der Waals surface area (Å²) in [5.74, 6) is 1.42. The Labute approximate surface area is 188 Å². The summed E-state index contributed by atoms with van der Waals surface area (Å²) < 4.78 is 21.8. The van der Waals surface area contributed by atoms with Gasteiger partial charge >= 0.3 is 5.97 Å². The summed E-state index contributed by atoms with van der Waals surface area (Å²) in [6, 6.07) is 13.8.